The quantitative estimate of drug-likeness (QED) is 0.320. The fraction of sp³-hybridized carbons (Fsp3) is 0.258. The first-order valence-electron chi connectivity index (χ1n) is 13.3. The SMILES string of the molecule is Cc1cc(C)c(Oc2nc(-c3ccc(CN4CCOCC4)cc3)ccc2C(=O)NS(=O)(=O)c2ccccn2)c(C)c1. The Morgan fingerprint density at radius 3 is 2.34 bits per heavy atom. The van der Waals surface area contributed by atoms with E-state index in [0.29, 0.717) is 11.4 Å². The van der Waals surface area contributed by atoms with E-state index in [1.54, 1.807) is 12.1 Å². The Bertz CT molecular complexity index is 1630. The molecule has 1 aliphatic rings. The molecule has 2 aromatic heterocycles. The molecule has 0 bridgehead atoms. The molecular formula is C31H32N4O5S. The second-order valence-electron chi connectivity index (χ2n) is 10.1. The van der Waals surface area contributed by atoms with Crippen molar-refractivity contribution in [1.82, 2.24) is 19.6 Å². The van der Waals surface area contributed by atoms with Gasteiger partial charge in [0.05, 0.1) is 18.9 Å². The van der Waals surface area contributed by atoms with Gasteiger partial charge in [0.2, 0.25) is 5.88 Å². The number of nitrogens with zero attached hydrogens (tertiary/aromatic N) is 3. The molecule has 1 amide bonds. The molecule has 41 heavy (non-hydrogen) atoms. The van der Waals surface area contributed by atoms with E-state index >= 15 is 0 Å². The van der Waals surface area contributed by atoms with E-state index in [1.165, 1.54) is 30.0 Å². The highest BCUT2D eigenvalue weighted by molar-refractivity contribution is 7.90. The minimum absolute atomic E-state index is 0.00340. The van der Waals surface area contributed by atoms with E-state index in [2.05, 4.69) is 26.7 Å². The smallest absolute Gasteiger partial charge is 0.281 e. The van der Waals surface area contributed by atoms with Gasteiger partial charge in [0, 0.05) is 31.4 Å². The third-order valence-electron chi connectivity index (χ3n) is 6.81. The predicted molar refractivity (Wildman–Crippen MR) is 155 cm³/mol. The monoisotopic (exact) mass is 572 g/mol. The number of carbonyl (C=O) groups is 1. The van der Waals surface area contributed by atoms with Crippen molar-refractivity contribution < 1.29 is 22.7 Å². The highest BCUT2D eigenvalue weighted by Crippen LogP contribution is 2.33. The number of rotatable bonds is 8. The minimum atomic E-state index is -4.20. The number of aryl methyl sites for hydroxylation is 3. The van der Waals surface area contributed by atoms with Crippen molar-refractivity contribution in [3.63, 3.8) is 0 Å². The first kappa shape index (κ1) is 28.4. The second kappa shape index (κ2) is 12.2. The van der Waals surface area contributed by atoms with Crippen LogP contribution < -0.4 is 9.46 Å². The van der Waals surface area contributed by atoms with Gasteiger partial charge in [-0.25, -0.2) is 14.7 Å². The molecule has 4 aromatic rings. The summed E-state index contributed by atoms with van der Waals surface area (Å²) < 4.78 is 39.4. The van der Waals surface area contributed by atoms with Gasteiger partial charge in [0.25, 0.3) is 15.9 Å². The molecule has 0 radical (unpaired) electrons. The highest BCUT2D eigenvalue weighted by Gasteiger charge is 2.24. The summed E-state index contributed by atoms with van der Waals surface area (Å²) in [6.07, 6.45) is 1.35. The lowest BCUT2D eigenvalue weighted by atomic mass is 10.1. The average molecular weight is 573 g/mol. The molecule has 5 rings (SSSR count). The number of nitrogens with one attached hydrogen (secondary N) is 1. The maximum absolute atomic E-state index is 13.3. The summed E-state index contributed by atoms with van der Waals surface area (Å²) in [7, 11) is -4.20. The van der Waals surface area contributed by atoms with Gasteiger partial charge in [-0.1, -0.05) is 48.0 Å². The van der Waals surface area contributed by atoms with Crippen molar-refractivity contribution in [3.8, 4) is 22.9 Å². The van der Waals surface area contributed by atoms with Gasteiger partial charge in [-0.05, 0) is 61.7 Å². The zero-order valence-electron chi connectivity index (χ0n) is 23.3. The summed E-state index contributed by atoms with van der Waals surface area (Å²) in [6, 6.07) is 19.7. The lowest BCUT2D eigenvalue weighted by molar-refractivity contribution is 0.0342. The van der Waals surface area contributed by atoms with E-state index in [0.717, 1.165) is 55.1 Å². The Kier molecular flexibility index (Phi) is 8.44. The average Bonchev–Trinajstić information content (AvgIpc) is 2.96. The van der Waals surface area contributed by atoms with E-state index in [1.807, 2.05) is 45.0 Å². The molecule has 1 saturated heterocycles. The molecule has 2 aromatic carbocycles. The fourth-order valence-corrected chi connectivity index (χ4v) is 5.73. The standard InChI is InChI=1S/C31H32N4O5S/c1-21-18-22(2)29(23(3)19-21)40-31-26(30(36)34-41(37,38)28-6-4-5-13-32-28)11-12-27(33-31)25-9-7-24(8-10-25)20-35-14-16-39-17-15-35/h4-13,18-19H,14-17,20H2,1-3H3,(H,34,36). The molecule has 1 N–H and O–H groups in total. The van der Waals surface area contributed by atoms with Crippen molar-refractivity contribution in [1.29, 1.82) is 0 Å². The van der Waals surface area contributed by atoms with Crippen LogP contribution in [-0.4, -0.2) is 55.5 Å². The summed E-state index contributed by atoms with van der Waals surface area (Å²) in [4.78, 5) is 24.2. The van der Waals surface area contributed by atoms with Gasteiger partial charge in [0.1, 0.15) is 11.3 Å². The van der Waals surface area contributed by atoms with Crippen molar-refractivity contribution in [2.45, 2.75) is 32.3 Å². The third kappa shape index (κ3) is 6.79. The number of hydrogen-bond donors (Lipinski definition) is 1. The Balaban J connectivity index is 1.47. The Morgan fingerprint density at radius 2 is 1.68 bits per heavy atom. The molecule has 212 valence electrons. The number of morpholine rings is 1. The Hall–Kier alpha value is -4.12. The Morgan fingerprint density at radius 1 is 0.976 bits per heavy atom. The molecule has 1 fully saturated rings. The van der Waals surface area contributed by atoms with Crippen LogP contribution >= 0.6 is 0 Å². The van der Waals surface area contributed by atoms with Gasteiger partial charge in [-0.15, -0.1) is 0 Å². The molecule has 9 nitrogen and oxygen atoms in total. The van der Waals surface area contributed by atoms with Crippen molar-refractivity contribution >= 4 is 15.9 Å². The molecule has 0 aliphatic carbocycles. The fourth-order valence-electron chi connectivity index (χ4n) is 4.81. The molecule has 0 saturated carbocycles. The normalized spacial score (nSPS) is 14.0. The van der Waals surface area contributed by atoms with Gasteiger partial charge in [0.15, 0.2) is 5.03 Å². The summed E-state index contributed by atoms with van der Waals surface area (Å²) in [5.41, 5.74) is 5.40. The highest BCUT2D eigenvalue weighted by atomic mass is 32.2. The van der Waals surface area contributed by atoms with E-state index < -0.39 is 15.9 Å². The minimum Gasteiger partial charge on any atom is -0.438 e. The molecule has 0 spiro atoms. The lowest BCUT2D eigenvalue weighted by Gasteiger charge is -2.26. The second-order valence-corrected chi connectivity index (χ2v) is 11.7. The number of aromatic nitrogens is 2. The number of ether oxygens (including phenoxy) is 2. The van der Waals surface area contributed by atoms with Crippen LogP contribution in [-0.2, 0) is 21.3 Å². The summed E-state index contributed by atoms with van der Waals surface area (Å²) in [5, 5.41) is -0.261. The zero-order valence-corrected chi connectivity index (χ0v) is 24.1. The molecule has 10 heteroatoms. The zero-order chi connectivity index (χ0) is 29.0. The number of sulfonamides is 1. The predicted octanol–water partition coefficient (Wildman–Crippen LogP) is 4.81. The van der Waals surface area contributed by atoms with Crippen LogP contribution in [0.15, 0.2) is 78.0 Å². The van der Waals surface area contributed by atoms with Crippen LogP contribution in [0.5, 0.6) is 11.6 Å². The number of benzene rings is 2. The van der Waals surface area contributed by atoms with Gasteiger partial charge < -0.3 is 9.47 Å². The Labute approximate surface area is 240 Å². The number of hydrogen-bond acceptors (Lipinski definition) is 8. The summed E-state index contributed by atoms with van der Waals surface area (Å²) >= 11 is 0. The van der Waals surface area contributed by atoms with Crippen molar-refractivity contribution in [3.05, 3.63) is 101 Å². The summed E-state index contributed by atoms with van der Waals surface area (Å²) in [5.74, 6) is -0.306. The topological polar surface area (TPSA) is 111 Å². The third-order valence-corrected chi connectivity index (χ3v) is 8.05. The lowest BCUT2D eigenvalue weighted by Crippen LogP contribution is -2.35. The number of carbonyl (C=O) groups excluding carboxylic acids is 1. The molecule has 0 unspecified atom stereocenters. The van der Waals surface area contributed by atoms with Crippen LogP contribution in [0.2, 0.25) is 0 Å². The maximum Gasteiger partial charge on any atom is 0.281 e. The maximum atomic E-state index is 13.3. The van der Waals surface area contributed by atoms with Crippen LogP contribution in [0.25, 0.3) is 11.3 Å². The molecule has 1 aliphatic heterocycles. The van der Waals surface area contributed by atoms with Gasteiger partial charge >= 0.3 is 0 Å². The van der Waals surface area contributed by atoms with Crippen LogP contribution in [0.4, 0.5) is 0 Å². The molecular weight excluding hydrogens is 540 g/mol. The van der Waals surface area contributed by atoms with Crippen LogP contribution in [0.1, 0.15) is 32.6 Å². The van der Waals surface area contributed by atoms with E-state index in [-0.39, 0.29) is 16.5 Å². The van der Waals surface area contributed by atoms with Crippen LogP contribution in [0.3, 0.4) is 0 Å². The van der Waals surface area contributed by atoms with Gasteiger partial charge in [-0.2, -0.15) is 8.42 Å². The van der Waals surface area contributed by atoms with E-state index in [4.69, 9.17) is 14.5 Å². The van der Waals surface area contributed by atoms with Gasteiger partial charge in [-0.3, -0.25) is 9.69 Å². The molecule has 3 heterocycles. The first-order valence-corrected chi connectivity index (χ1v) is 14.8. The van der Waals surface area contributed by atoms with Crippen LogP contribution in [0, 0.1) is 20.8 Å². The van der Waals surface area contributed by atoms with Crippen molar-refractivity contribution in [2.24, 2.45) is 0 Å². The van der Waals surface area contributed by atoms with Crippen molar-refractivity contribution in [2.75, 3.05) is 26.3 Å². The number of amides is 1. The number of pyridine rings is 2. The summed E-state index contributed by atoms with van der Waals surface area (Å²) in [6.45, 7) is 9.95. The largest absolute Gasteiger partial charge is 0.438 e. The molecule has 0 atom stereocenters. The van der Waals surface area contributed by atoms with E-state index in [9.17, 15) is 13.2 Å². The first-order chi connectivity index (χ1) is 19.7.